The van der Waals surface area contributed by atoms with Crippen molar-refractivity contribution in [1.29, 1.82) is 0 Å². The van der Waals surface area contributed by atoms with Gasteiger partial charge in [0, 0.05) is 21.9 Å². The van der Waals surface area contributed by atoms with Gasteiger partial charge in [0.15, 0.2) is 17.5 Å². The number of aromatic nitrogens is 3. The van der Waals surface area contributed by atoms with E-state index in [1.54, 1.807) is 0 Å². The van der Waals surface area contributed by atoms with Crippen molar-refractivity contribution in [2.24, 2.45) is 0 Å². The molecule has 228 valence electrons. The lowest BCUT2D eigenvalue weighted by Crippen LogP contribution is -2.00. The third-order valence-electron chi connectivity index (χ3n) is 9.46. The summed E-state index contributed by atoms with van der Waals surface area (Å²) in [6.07, 6.45) is 0. The van der Waals surface area contributed by atoms with Gasteiger partial charge in [-0.15, -0.1) is 0 Å². The highest BCUT2D eigenvalue weighted by molar-refractivity contribution is 6.18. The van der Waals surface area contributed by atoms with E-state index >= 15 is 0 Å². The molecule has 2 heterocycles. The minimum absolute atomic E-state index is 0.565. The van der Waals surface area contributed by atoms with Crippen LogP contribution in [0.4, 0.5) is 0 Å². The maximum atomic E-state index is 6.84. The maximum absolute atomic E-state index is 6.84. The van der Waals surface area contributed by atoms with Gasteiger partial charge in [-0.3, -0.25) is 0 Å². The van der Waals surface area contributed by atoms with Crippen LogP contribution in [0.3, 0.4) is 0 Å². The first-order chi connectivity index (χ1) is 24.2. The highest BCUT2D eigenvalue weighted by Gasteiger charge is 2.21. The smallest absolute Gasteiger partial charge is 0.167 e. The molecule has 0 unspecified atom stereocenters. The van der Waals surface area contributed by atoms with Crippen LogP contribution in [0, 0.1) is 0 Å². The van der Waals surface area contributed by atoms with Crippen LogP contribution in [-0.4, -0.2) is 15.0 Å². The van der Waals surface area contributed by atoms with Crippen LogP contribution in [0.25, 0.3) is 99.5 Å². The lowest BCUT2D eigenvalue weighted by Gasteiger charge is -2.11. The summed E-state index contributed by atoms with van der Waals surface area (Å²) in [5.41, 5.74) is 6.49. The van der Waals surface area contributed by atoms with Crippen LogP contribution in [0.15, 0.2) is 168 Å². The molecule has 0 spiro atoms. The predicted octanol–water partition coefficient (Wildman–Crippen LogP) is 11.9. The summed E-state index contributed by atoms with van der Waals surface area (Å²) in [4.78, 5) is 15.2. The molecule has 0 aliphatic carbocycles. The zero-order chi connectivity index (χ0) is 32.3. The Kier molecular flexibility index (Phi) is 6.15. The van der Waals surface area contributed by atoms with Gasteiger partial charge in [0.25, 0.3) is 0 Å². The molecule has 8 aromatic carbocycles. The van der Waals surface area contributed by atoms with Crippen LogP contribution in [0.1, 0.15) is 0 Å². The monoisotopic (exact) mass is 625 g/mol. The fourth-order valence-corrected chi connectivity index (χ4v) is 7.01. The highest BCUT2D eigenvalue weighted by Crippen LogP contribution is 2.43. The second kappa shape index (κ2) is 11.0. The first kappa shape index (κ1) is 27.5. The van der Waals surface area contributed by atoms with E-state index in [-0.39, 0.29) is 0 Å². The molecule has 0 bridgehead atoms. The molecular weight excluding hydrogens is 599 g/mol. The summed E-state index contributed by atoms with van der Waals surface area (Å²) in [5, 5.41) is 9.11. The molecule has 0 aliphatic heterocycles. The molecule has 4 heteroatoms. The van der Waals surface area contributed by atoms with Gasteiger partial charge >= 0.3 is 0 Å². The largest absolute Gasteiger partial charge is 0.455 e. The van der Waals surface area contributed by atoms with Gasteiger partial charge in [-0.2, -0.15) is 0 Å². The van der Waals surface area contributed by atoms with E-state index < -0.39 is 0 Å². The number of rotatable bonds is 4. The molecular formula is C45H27N3O. The molecule has 2 aromatic heterocycles. The highest BCUT2D eigenvalue weighted by atomic mass is 16.3. The van der Waals surface area contributed by atoms with Crippen molar-refractivity contribution >= 4 is 54.3 Å². The molecule has 0 amide bonds. The van der Waals surface area contributed by atoms with E-state index in [0.717, 1.165) is 65.9 Å². The van der Waals surface area contributed by atoms with Gasteiger partial charge < -0.3 is 4.42 Å². The van der Waals surface area contributed by atoms with E-state index in [0.29, 0.717) is 17.5 Å². The van der Waals surface area contributed by atoms with Crippen LogP contribution in [0.5, 0.6) is 0 Å². The first-order valence-corrected chi connectivity index (χ1v) is 16.4. The summed E-state index contributed by atoms with van der Waals surface area (Å²) in [5.74, 6) is 1.79. The van der Waals surface area contributed by atoms with Crippen molar-refractivity contribution in [2.75, 3.05) is 0 Å². The van der Waals surface area contributed by atoms with E-state index in [2.05, 4.69) is 133 Å². The van der Waals surface area contributed by atoms with Gasteiger partial charge in [0.1, 0.15) is 11.2 Å². The van der Waals surface area contributed by atoms with Crippen molar-refractivity contribution in [3.63, 3.8) is 0 Å². The normalized spacial score (nSPS) is 11.7. The summed E-state index contributed by atoms with van der Waals surface area (Å²) < 4.78 is 6.84. The fraction of sp³-hybridized carbons (Fsp3) is 0. The maximum Gasteiger partial charge on any atom is 0.167 e. The Morgan fingerprint density at radius 3 is 1.55 bits per heavy atom. The second-order valence-electron chi connectivity index (χ2n) is 12.5. The average Bonchev–Trinajstić information content (AvgIpc) is 3.54. The van der Waals surface area contributed by atoms with Gasteiger partial charge in [-0.25, -0.2) is 15.0 Å². The zero-order valence-electron chi connectivity index (χ0n) is 26.3. The molecule has 0 saturated carbocycles. The van der Waals surface area contributed by atoms with Gasteiger partial charge in [0.05, 0.1) is 5.56 Å². The first-order valence-electron chi connectivity index (χ1n) is 16.4. The van der Waals surface area contributed by atoms with Crippen LogP contribution in [0.2, 0.25) is 0 Å². The topological polar surface area (TPSA) is 51.8 Å². The minimum Gasteiger partial charge on any atom is -0.455 e. The van der Waals surface area contributed by atoms with Crippen molar-refractivity contribution in [2.45, 2.75) is 0 Å². The molecule has 49 heavy (non-hydrogen) atoms. The van der Waals surface area contributed by atoms with E-state index in [1.807, 2.05) is 30.3 Å². The Hall–Kier alpha value is -6.65. The Bertz CT molecular complexity index is 2890. The summed E-state index contributed by atoms with van der Waals surface area (Å²) in [6.45, 7) is 0. The molecule has 0 radical (unpaired) electrons. The van der Waals surface area contributed by atoms with Crippen molar-refractivity contribution in [3.8, 4) is 45.3 Å². The van der Waals surface area contributed by atoms with Crippen molar-refractivity contribution in [1.82, 2.24) is 15.0 Å². The predicted molar refractivity (Wildman–Crippen MR) is 201 cm³/mol. The summed E-state index contributed by atoms with van der Waals surface area (Å²) >= 11 is 0. The Labute approximate surface area is 282 Å². The molecule has 0 saturated heterocycles. The molecule has 10 rings (SSSR count). The molecule has 0 aliphatic rings. The molecule has 0 fully saturated rings. The van der Waals surface area contributed by atoms with E-state index in [1.165, 1.54) is 16.2 Å². The minimum atomic E-state index is 0.565. The Morgan fingerprint density at radius 2 is 0.857 bits per heavy atom. The number of hydrogen-bond donors (Lipinski definition) is 0. The van der Waals surface area contributed by atoms with Crippen LogP contribution < -0.4 is 0 Å². The van der Waals surface area contributed by atoms with Gasteiger partial charge in [0.2, 0.25) is 0 Å². The van der Waals surface area contributed by atoms with Crippen molar-refractivity contribution in [3.05, 3.63) is 164 Å². The standard InChI is InChI=1S/C45H27N3O/c1-2-12-30(13-3-1)43-46-44(36-21-19-29-11-5-7-15-32(29)25-36)48-45(47-43)38-23-22-37(35-20-18-28-10-4-6-14-31(28)24-35)41-39-26-33-16-8-9-17-34(33)27-40(39)49-42(38)41/h1-27H. The third-order valence-corrected chi connectivity index (χ3v) is 9.46. The molecule has 0 atom stereocenters. The number of nitrogens with zero attached hydrogens (tertiary/aromatic N) is 3. The summed E-state index contributed by atoms with van der Waals surface area (Å²) in [6, 6.07) is 57.0. The number of furan rings is 1. The lowest BCUT2D eigenvalue weighted by molar-refractivity contribution is 0.670. The number of fused-ring (bicyclic) bond motifs is 6. The SMILES string of the molecule is c1ccc(-c2nc(-c3ccc4ccccc4c3)nc(-c3ccc(-c4ccc5ccccc5c4)c4c3oc3cc5ccccc5cc34)n2)cc1. The quantitative estimate of drug-likeness (QED) is 0.195. The fourth-order valence-electron chi connectivity index (χ4n) is 7.01. The van der Waals surface area contributed by atoms with E-state index in [9.17, 15) is 0 Å². The van der Waals surface area contributed by atoms with Crippen LogP contribution >= 0.6 is 0 Å². The zero-order valence-corrected chi connectivity index (χ0v) is 26.3. The Morgan fingerprint density at radius 1 is 0.347 bits per heavy atom. The lowest BCUT2D eigenvalue weighted by atomic mass is 9.94. The third kappa shape index (κ3) is 4.65. The summed E-state index contributed by atoms with van der Waals surface area (Å²) in [7, 11) is 0. The van der Waals surface area contributed by atoms with Gasteiger partial charge in [-0.1, -0.05) is 133 Å². The van der Waals surface area contributed by atoms with Crippen molar-refractivity contribution < 1.29 is 4.42 Å². The number of hydrogen-bond acceptors (Lipinski definition) is 4. The molecule has 10 aromatic rings. The number of benzene rings is 8. The van der Waals surface area contributed by atoms with E-state index in [4.69, 9.17) is 19.4 Å². The van der Waals surface area contributed by atoms with Gasteiger partial charge in [-0.05, 0) is 73.8 Å². The molecule has 0 N–H and O–H groups in total. The molecule has 4 nitrogen and oxygen atoms in total. The second-order valence-corrected chi connectivity index (χ2v) is 12.5. The Balaban J connectivity index is 1.26. The van der Waals surface area contributed by atoms with Crippen LogP contribution in [-0.2, 0) is 0 Å². The average molecular weight is 626 g/mol.